The van der Waals surface area contributed by atoms with Crippen LogP contribution in [0.4, 0.5) is 5.69 Å². The highest BCUT2D eigenvalue weighted by molar-refractivity contribution is 5.94. The maximum atomic E-state index is 13.0. The lowest BCUT2D eigenvalue weighted by atomic mass is 10.1. The van der Waals surface area contributed by atoms with Crippen molar-refractivity contribution >= 4 is 11.6 Å². The molecule has 6 heteroatoms. The topological polar surface area (TPSA) is 54.0 Å². The molecule has 0 unspecified atom stereocenters. The summed E-state index contributed by atoms with van der Waals surface area (Å²) in [4.78, 5) is 13.0. The van der Waals surface area contributed by atoms with Crippen LogP contribution in [0.2, 0.25) is 0 Å². The van der Waals surface area contributed by atoms with E-state index in [0.717, 1.165) is 42.1 Å². The van der Waals surface area contributed by atoms with E-state index in [1.807, 2.05) is 54.5 Å². The third-order valence-corrected chi connectivity index (χ3v) is 5.78. The summed E-state index contributed by atoms with van der Waals surface area (Å²) < 4.78 is 11.7. The number of amides is 1. The second-order valence-corrected chi connectivity index (χ2v) is 7.93. The minimum absolute atomic E-state index is 0.0270. The lowest BCUT2D eigenvalue weighted by Gasteiger charge is -2.31. The second-order valence-electron chi connectivity index (χ2n) is 7.93. The summed E-state index contributed by atoms with van der Waals surface area (Å²) >= 11 is 0. The second kappa shape index (κ2) is 11.0. The fourth-order valence-corrected chi connectivity index (χ4v) is 3.99. The molecule has 0 radical (unpaired) electrons. The first-order chi connectivity index (χ1) is 15.0. The zero-order chi connectivity index (χ0) is 22.2. The van der Waals surface area contributed by atoms with E-state index in [1.54, 1.807) is 12.1 Å². The van der Waals surface area contributed by atoms with Gasteiger partial charge in [-0.25, -0.2) is 5.01 Å². The predicted octanol–water partition coefficient (Wildman–Crippen LogP) is 4.96. The third kappa shape index (κ3) is 5.91. The van der Waals surface area contributed by atoms with Crippen LogP contribution in [-0.2, 0) is 6.54 Å². The van der Waals surface area contributed by atoms with Crippen LogP contribution >= 0.6 is 0 Å². The third-order valence-electron chi connectivity index (χ3n) is 5.78. The predicted molar refractivity (Wildman–Crippen MR) is 125 cm³/mol. The molecule has 1 aliphatic carbocycles. The van der Waals surface area contributed by atoms with Crippen molar-refractivity contribution in [3.8, 4) is 11.5 Å². The highest BCUT2D eigenvalue weighted by atomic mass is 16.5. The van der Waals surface area contributed by atoms with Gasteiger partial charge in [0.05, 0.1) is 13.2 Å². The average Bonchev–Trinajstić information content (AvgIpc) is 3.30. The molecule has 0 spiro atoms. The van der Waals surface area contributed by atoms with Gasteiger partial charge in [-0.15, -0.1) is 0 Å². The molecular weight excluding hydrogens is 390 g/mol. The molecular formula is C25H35N3O3. The smallest absolute Gasteiger partial charge is 0.267 e. The van der Waals surface area contributed by atoms with Gasteiger partial charge in [-0.3, -0.25) is 9.80 Å². The molecule has 0 aromatic heterocycles. The number of methoxy groups -OCH3 is 1. The number of hydrogen-bond donors (Lipinski definition) is 1. The molecule has 31 heavy (non-hydrogen) atoms. The van der Waals surface area contributed by atoms with E-state index in [4.69, 9.17) is 9.47 Å². The van der Waals surface area contributed by atoms with Crippen LogP contribution in [-0.4, -0.2) is 49.3 Å². The van der Waals surface area contributed by atoms with Gasteiger partial charge in [0.1, 0.15) is 0 Å². The summed E-state index contributed by atoms with van der Waals surface area (Å²) in [7, 11) is 3.49. The van der Waals surface area contributed by atoms with Crippen molar-refractivity contribution in [3.05, 3.63) is 53.6 Å². The summed E-state index contributed by atoms with van der Waals surface area (Å²) in [6.07, 6.45) is 4.90. The van der Waals surface area contributed by atoms with Crippen molar-refractivity contribution in [1.29, 1.82) is 0 Å². The zero-order valence-corrected chi connectivity index (χ0v) is 19.2. The number of carbonyl (C=O) groups excluding carboxylic acids is 1. The Balaban J connectivity index is 1.70. The molecule has 3 rings (SSSR count). The summed E-state index contributed by atoms with van der Waals surface area (Å²) in [6.45, 7) is 6.28. The number of hydrogen-bond acceptors (Lipinski definition) is 5. The van der Waals surface area contributed by atoms with Gasteiger partial charge in [0, 0.05) is 37.9 Å². The molecule has 0 heterocycles. The van der Waals surface area contributed by atoms with E-state index in [1.165, 1.54) is 12.8 Å². The van der Waals surface area contributed by atoms with E-state index >= 15 is 0 Å². The number of ether oxygens (including phenoxy) is 2. The first-order valence-electron chi connectivity index (χ1n) is 11.3. The number of hydrazine groups is 1. The fraction of sp³-hybridized carbons (Fsp3) is 0.480. The fourth-order valence-electron chi connectivity index (χ4n) is 3.99. The Bertz CT molecular complexity index is 848. The monoisotopic (exact) mass is 425 g/mol. The van der Waals surface area contributed by atoms with Gasteiger partial charge in [-0.1, -0.05) is 13.0 Å². The normalized spacial score (nSPS) is 14.0. The molecule has 168 valence electrons. The lowest BCUT2D eigenvalue weighted by molar-refractivity contribution is 0.00354. The number of carbonyl (C=O) groups is 1. The van der Waals surface area contributed by atoms with Gasteiger partial charge in [-0.2, -0.15) is 0 Å². The van der Waals surface area contributed by atoms with Crippen molar-refractivity contribution in [3.63, 3.8) is 0 Å². The van der Waals surface area contributed by atoms with E-state index in [2.05, 4.69) is 19.2 Å². The van der Waals surface area contributed by atoms with Crippen LogP contribution < -0.4 is 14.8 Å². The van der Waals surface area contributed by atoms with Crippen LogP contribution in [0.1, 0.15) is 55.5 Å². The van der Waals surface area contributed by atoms with Crippen LogP contribution in [0.15, 0.2) is 42.5 Å². The van der Waals surface area contributed by atoms with Crippen molar-refractivity contribution in [2.75, 3.05) is 32.6 Å². The quantitative estimate of drug-likeness (QED) is 0.546. The van der Waals surface area contributed by atoms with Crippen molar-refractivity contribution in [2.24, 2.45) is 0 Å². The van der Waals surface area contributed by atoms with Crippen LogP contribution in [0.25, 0.3) is 0 Å². The minimum atomic E-state index is -0.0270. The number of anilines is 1. The van der Waals surface area contributed by atoms with Gasteiger partial charge in [0.15, 0.2) is 11.5 Å². The molecule has 0 atom stereocenters. The molecule has 1 saturated carbocycles. The van der Waals surface area contributed by atoms with Gasteiger partial charge < -0.3 is 14.8 Å². The van der Waals surface area contributed by atoms with Crippen molar-refractivity contribution < 1.29 is 14.3 Å². The van der Waals surface area contributed by atoms with Crippen molar-refractivity contribution in [1.82, 2.24) is 10.0 Å². The summed E-state index contributed by atoms with van der Waals surface area (Å²) in [5, 5.41) is 6.98. The highest BCUT2D eigenvalue weighted by Gasteiger charge is 2.21. The largest absolute Gasteiger partial charge is 0.493 e. The Hall–Kier alpha value is -2.73. The summed E-state index contributed by atoms with van der Waals surface area (Å²) in [6, 6.07) is 13.6. The molecule has 6 nitrogen and oxygen atoms in total. The Kier molecular flexibility index (Phi) is 8.18. The number of nitrogens with zero attached hydrogens (tertiary/aromatic N) is 2. The van der Waals surface area contributed by atoms with Gasteiger partial charge >= 0.3 is 0 Å². The van der Waals surface area contributed by atoms with Crippen LogP contribution in [0.3, 0.4) is 0 Å². The Morgan fingerprint density at radius 2 is 1.77 bits per heavy atom. The molecule has 2 aromatic carbocycles. The van der Waals surface area contributed by atoms with E-state index < -0.39 is 0 Å². The number of benzene rings is 2. The summed E-state index contributed by atoms with van der Waals surface area (Å²) in [5.74, 6) is 1.51. The molecule has 1 fully saturated rings. The van der Waals surface area contributed by atoms with Crippen LogP contribution in [0.5, 0.6) is 11.5 Å². The maximum Gasteiger partial charge on any atom is 0.267 e. The van der Waals surface area contributed by atoms with Gasteiger partial charge in [-0.05, 0) is 74.6 Å². The Morgan fingerprint density at radius 3 is 2.39 bits per heavy atom. The average molecular weight is 426 g/mol. The van der Waals surface area contributed by atoms with E-state index in [-0.39, 0.29) is 12.0 Å². The number of nitrogens with one attached hydrogen (secondary N) is 1. The molecule has 0 aliphatic heterocycles. The number of rotatable bonds is 10. The molecule has 1 aliphatic rings. The maximum absolute atomic E-state index is 13.0. The molecule has 0 saturated heterocycles. The first kappa shape index (κ1) is 22.9. The van der Waals surface area contributed by atoms with E-state index in [9.17, 15) is 4.79 Å². The van der Waals surface area contributed by atoms with E-state index in [0.29, 0.717) is 18.7 Å². The first-order valence-corrected chi connectivity index (χ1v) is 11.3. The van der Waals surface area contributed by atoms with Gasteiger partial charge in [0.2, 0.25) is 0 Å². The molecule has 1 amide bonds. The van der Waals surface area contributed by atoms with Gasteiger partial charge in [0.25, 0.3) is 5.91 Å². The zero-order valence-electron chi connectivity index (χ0n) is 19.2. The Morgan fingerprint density at radius 1 is 1.06 bits per heavy atom. The molecule has 0 bridgehead atoms. The molecule has 1 N–H and O–H groups in total. The highest BCUT2D eigenvalue weighted by Crippen LogP contribution is 2.33. The lowest BCUT2D eigenvalue weighted by Crippen LogP contribution is -2.43. The molecule has 2 aromatic rings. The summed E-state index contributed by atoms with van der Waals surface area (Å²) in [5.41, 5.74) is 2.77. The SMILES string of the molecule is CCNc1ccc(C(=O)N(C)N(CC)Cc2ccc(OC)c(OC3CCCC3)c2)cc1. The van der Waals surface area contributed by atoms with Crippen molar-refractivity contribution in [2.45, 2.75) is 52.2 Å². The van der Waals surface area contributed by atoms with Crippen LogP contribution in [0, 0.1) is 0 Å². The Labute approximate surface area is 186 Å². The standard InChI is InChI=1S/C25H35N3O3/c1-5-26-21-14-12-20(13-15-21)25(29)27(3)28(6-2)18-19-11-16-23(30-4)24(17-19)31-22-9-7-8-10-22/h11-17,22,26H,5-10,18H2,1-4H3. The minimum Gasteiger partial charge on any atom is -0.493 e.